The van der Waals surface area contributed by atoms with Crippen molar-refractivity contribution in [3.63, 3.8) is 0 Å². The predicted molar refractivity (Wildman–Crippen MR) is 94.8 cm³/mol. The van der Waals surface area contributed by atoms with Crippen LogP contribution in [0.2, 0.25) is 0 Å². The smallest absolute Gasteiger partial charge is 0.159 e. The van der Waals surface area contributed by atoms with Gasteiger partial charge in [0.15, 0.2) is 5.58 Å². The molecule has 1 aromatic heterocycles. The first-order chi connectivity index (χ1) is 11.9. The fourth-order valence-corrected chi connectivity index (χ4v) is 5.52. The molecule has 3 atom stereocenters. The van der Waals surface area contributed by atoms with Gasteiger partial charge in [-0.25, -0.2) is 0 Å². The fourth-order valence-electron chi connectivity index (χ4n) is 5.52. The standard InChI is InChI=1S/C21H16N2O/c1-2-4-17-13(3-1)14-5-6-15-16-7-8-21(16)9-10-22-11-12-23(20(21)22)18(15)19(14)24-17/h1-8,11-12,16,20H,9-10H2. The van der Waals surface area contributed by atoms with Crippen molar-refractivity contribution in [1.82, 2.24) is 4.90 Å². The minimum absolute atomic E-state index is 0.288. The van der Waals surface area contributed by atoms with E-state index >= 15 is 0 Å². The lowest BCUT2D eigenvalue weighted by molar-refractivity contribution is 0.205. The first-order valence-corrected chi connectivity index (χ1v) is 8.73. The van der Waals surface area contributed by atoms with Crippen LogP contribution in [-0.2, 0) is 0 Å². The number of hydrogen-bond donors (Lipinski definition) is 0. The minimum Gasteiger partial charge on any atom is -0.454 e. The number of hydrogen-bond acceptors (Lipinski definition) is 3. The molecule has 7 rings (SSSR count). The Morgan fingerprint density at radius 3 is 2.92 bits per heavy atom. The summed E-state index contributed by atoms with van der Waals surface area (Å²) in [6, 6.07) is 13.0. The summed E-state index contributed by atoms with van der Waals surface area (Å²) in [6.07, 6.45) is 11.0. The molecule has 4 aliphatic rings. The Labute approximate surface area is 139 Å². The van der Waals surface area contributed by atoms with Crippen LogP contribution in [0.5, 0.6) is 0 Å². The van der Waals surface area contributed by atoms with E-state index in [1.807, 2.05) is 6.07 Å². The van der Waals surface area contributed by atoms with Gasteiger partial charge >= 0.3 is 0 Å². The molecular weight excluding hydrogens is 296 g/mol. The fraction of sp³-hybridized carbons (Fsp3) is 0.238. The Morgan fingerprint density at radius 1 is 1.04 bits per heavy atom. The number of allylic oxidation sites excluding steroid dienone is 1. The largest absolute Gasteiger partial charge is 0.454 e. The van der Waals surface area contributed by atoms with Gasteiger partial charge in [-0.15, -0.1) is 0 Å². The van der Waals surface area contributed by atoms with Crippen LogP contribution < -0.4 is 4.90 Å². The van der Waals surface area contributed by atoms with E-state index < -0.39 is 0 Å². The van der Waals surface area contributed by atoms with Gasteiger partial charge in [0, 0.05) is 41.1 Å². The average molecular weight is 312 g/mol. The maximum atomic E-state index is 6.34. The van der Waals surface area contributed by atoms with E-state index in [-0.39, 0.29) is 5.41 Å². The van der Waals surface area contributed by atoms with Crippen molar-refractivity contribution in [2.75, 3.05) is 11.4 Å². The number of rotatable bonds is 0. The minimum atomic E-state index is 0.288. The van der Waals surface area contributed by atoms with Gasteiger partial charge in [0.05, 0.1) is 5.69 Å². The van der Waals surface area contributed by atoms with E-state index in [4.69, 9.17) is 4.42 Å². The maximum absolute atomic E-state index is 6.34. The zero-order chi connectivity index (χ0) is 15.5. The molecule has 0 N–H and O–H groups in total. The van der Waals surface area contributed by atoms with Crippen LogP contribution >= 0.6 is 0 Å². The van der Waals surface area contributed by atoms with Crippen LogP contribution in [0, 0.1) is 5.41 Å². The molecule has 1 spiro atoms. The molecule has 0 bridgehead atoms. The third kappa shape index (κ3) is 1.06. The number of nitrogens with zero attached hydrogens (tertiary/aromatic N) is 2. The molecular formula is C21H16N2O. The van der Waals surface area contributed by atoms with Crippen molar-refractivity contribution >= 4 is 27.6 Å². The number of furan rings is 1. The molecule has 1 aliphatic carbocycles. The lowest BCUT2D eigenvalue weighted by Gasteiger charge is -2.52. The lowest BCUT2D eigenvalue weighted by Crippen LogP contribution is -2.53. The Morgan fingerprint density at radius 2 is 2.00 bits per heavy atom. The number of benzene rings is 2. The number of anilines is 1. The van der Waals surface area contributed by atoms with Gasteiger partial charge in [-0.05, 0) is 18.1 Å². The molecule has 3 aliphatic heterocycles. The van der Waals surface area contributed by atoms with Gasteiger partial charge in [-0.2, -0.15) is 0 Å². The monoisotopic (exact) mass is 312 g/mol. The van der Waals surface area contributed by atoms with Crippen LogP contribution in [0.25, 0.3) is 21.9 Å². The highest BCUT2D eigenvalue weighted by Gasteiger charge is 2.61. The summed E-state index contributed by atoms with van der Waals surface area (Å²) in [5, 5.41) is 2.44. The molecule has 1 fully saturated rings. The molecule has 0 amide bonds. The highest BCUT2D eigenvalue weighted by Crippen LogP contribution is 2.64. The third-order valence-corrected chi connectivity index (χ3v) is 6.60. The molecule has 4 heterocycles. The lowest BCUT2D eigenvalue weighted by atomic mass is 9.59. The van der Waals surface area contributed by atoms with Gasteiger partial charge < -0.3 is 14.2 Å². The van der Waals surface area contributed by atoms with Crippen LogP contribution in [0.15, 0.2) is 65.4 Å². The first-order valence-electron chi connectivity index (χ1n) is 8.73. The summed E-state index contributed by atoms with van der Waals surface area (Å²) < 4.78 is 6.34. The normalized spacial score (nSPS) is 31.5. The number of para-hydroxylation sites is 1. The molecule has 0 saturated carbocycles. The number of fused-ring (bicyclic) bond motifs is 7. The molecule has 2 aromatic carbocycles. The molecule has 3 nitrogen and oxygen atoms in total. The molecule has 116 valence electrons. The summed E-state index contributed by atoms with van der Waals surface area (Å²) >= 11 is 0. The molecule has 0 radical (unpaired) electrons. The van der Waals surface area contributed by atoms with Gasteiger partial charge in [-0.3, -0.25) is 0 Å². The summed E-state index contributed by atoms with van der Waals surface area (Å²) in [7, 11) is 0. The van der Waals surface area contributed by atoms with E-state index in [1.54, 1.807) is 0 Å². The third-order valence-electron chi connectivity index (χ3n) is 6.60. The molecule has 1 saturated heterocycles. The van der Waals surface area contributed by atoms with Crippen molar-refractivity contribution in [2.45, 2.75) is 18.5 Å². The highest BCUT2D eigenvalue weighted by atomic mass is 16.3. The Kier molecular flexibility index (Phi) is 1.74. The Hall–Kier alpha value is -2.68. The summed E-state index contributed by atoms with van der Waals surface area (Å²) in [6.45, 7) is 1.15. The molecule has 3 heteroatoms. The Bertz CT molecular complexity index is 1110. The van der Waals surface area contributed by atoms with Crippen LogP contribution in [-0.4, -0.2) is 17.6 Å². The van der Waals surface area contributed by atoms with E-state index in [1.165, 1.54) is 28.4 Å². The second-order valence-corrected chi connectivity index (χ2v) is 7.49. The zero-order valence-corrected chi connectivity index (χ0v) is 13.1. The average Bonchev–Trinajstić information content (AvgIpc) is 3.25. The second kappa shape index (κ2) is 3.54. The van der Waals surface area contributed by atoms with Crippen LogP contribution in [0.1, 0.15) is 17.9 Å². The topological polar surface area (TPSA) is 19.6 Å². The van der Waals surface area contributed by atoms with Crippen molar-refractivity contribution in [3.05, 3.63) is 66.5 Å². The zero-order valence-electron chi connectivity index (χ0n) is 13.1. The van der Waals surface area contributed by atoms with Crippen LogP contribution in [0.3, 0.4) is 0 Å². The second-order valence-electron chi connectivity index (χ2n) is 7.49. The van der Waals surface area contributed by atoms with Gasteiger partial charge in [-0.1, -0.05) is 42.5 Å². The summed E-state index contributed by atoms with van der Waals surface area (Å²) in [5.41, 5.74) is 5.01. The van der Waals surface area contributed by atoms with Crippen molar-refractivity contribution in [2.24, 2.45) is 5.41 Å². The molecule has 24 heavy (non-hydrogen) atoms. The van der Waals surface area contributed by atoms with E-state index in [9.17, 15) is 0 Å². The molecule has 3 unspecified atom stereocenters. The Balaban J connectivity index is 1.63. The van der Waals surface area contributed by atoms with Crippen molar-refractivity contribution in [3.8, 4) is 0 Å². The quantitative estimate of drug-likeness (QED) is 0.567. The van der Waals surface area contributed by atoms with E-state index in [2.05, 4.69) is 64.7 Å². The highest BCUT2D eigenvalue weighted by molar-refractivity contribution is 6.10. The van der Waals surface area contributed by atoms with E-state index in [0.29, 0.717) is 12.1 Å². The first kappa shape index (κ1) is 11.8. The van der Waals surface area contributed by atoms with Crippen molar-refractivity contribution < 1.29 is 4.42 Å². The van der Waals surface area contributed by atoms with Crippen LogP contribution in [0.4, 0.5) is 5.69 Å². The van der Waals surface area contributed by atoms with Gasteiger partial charge in [0.1, 0.15) is 11.7 Å². The summed E-state index contributed by atoms with van der Waals surface area (Å²) in [4.78, 5) is 4.97. The van der Waals surface area contributed by atoms with E-state index in [0.717, 1.165) is 17.7 Å². The van der Waals surface area contributed by atoms with Gasteiger partial charge in [0.2, 0.25) is 0 Å². The van der Waals surface area contributed by atoms with Crippen molar-refractivity contribution in [1.29, 1.82) is 0 Å². The molecule has 3 aromatic rings. The maximum Gasteiger partial charge on any atom is 0.159 e. The SMILES string of the molecule is C1=CC23CCN4C=CN(c5c(ccc6c5oc5ccccc56)C12)C43. The summed E-state index contributed by atoms with van der Waals surface area (Å²) in [5.74, 6) is 0.524. The predicted octanol–water partition coefficient (Wildman–Crippen LogP) is 4.56. The van der Waals surface area contributed by atoms with Gasteiger partial charge in [0.25, 0.3) is 0 Å².